The summed E-state index contributed by atoms with van der Waals surface area (Å²) in [5, 5.41) is 3.34. The van der Waals surface area contributed by atoms with Gasteiger partial charge in [-0.3, -0.25) is 4.79 Å². The van der Waals surface area contributed by atoms with Gasteiger partial charge in [-0.2, -0.15) is 0 Å². The molecule has 0 aromatic heterocycles. The quantitative estimate of drug-likeness (QED) is 0.840. The number of nitrogens with one attached hydrogen (secondary N) is 1. The SMILES string of the molecule is COC(=O)C(C)NC1CCN(c2ccccc2)CC1. The summed E-state index contributed by atoms with van der Waals surface area (Å²) in [7, 11) is 1.43. The van der Waals surface area contributed by atoms with Crippen LogP contribution >= 0.6 is 0 Å². The molecule has 1 aromatic rings. The Bertz CT molecular complexity index is 400. The molecule has 1 aliphatic rings. The molecule has 1 saturated heterocycles. The summed E-state index contributed by atoms with van der Waals surface area (Å²) in [5.74, 6) is -0.189. The van der Waals surface area contributed by atoms with E-state index in [1.54, 1.807) is 0 Å². The Morgan fingerprint density at radius 2 is 1.95 bits per heavy atom. The van der Waals surface area contributed by atoms with Gasteiger partial charge in [0.1, 0.15) is 6.04 Å². The lowest BCUT2D eigenvalue weighted by atomic mass is 10.0. The Hall–Kier alpha value is -1.55. The third kappa shape index (κ3) is 3.70. The van der Waals surface area contributed by atoms with Crippen molar-refractivity contribution in [1.82, 2.24) is 5.32 Å². The fraction of sp³-hybridized carbons (Fsp3) is 0.533. The number of rotatable bonds is 4. The molecule has 1 heterocycles. The molecule has 1 atom stereocenters. The van der Waals surface area contributed by atoms with Crippen LogP contribution in [0.3, 0.4) is 0 Å². The molecule has 1 N–H and O–H groups in total. The fourth-order valence-electron chi connectivity index (χ4n) is 2.54. The summed E-state index contributed by atoms with van der Waals surface area (Å²) in [6.45, 7) is 3.90. The molecule has 1 unspecified atom stereocenters. The number of hydrogen-bond donors (Lipinski definition) is 1. The molecule has 2 rings (SSSR count). The summed E-state index contributed by atoms with van der Waals surface area (Å²) in [6.07, 6.45) is 2.10. The highest BCUT2D eigenvalue weighted by molar-refractivity contribution is 5.75. The summed E-state index contributed by atoms with van der Waals surface area (Å²) in [4.78, 5) is 13.8. The van der Waals surface area contributed by atoms with Gasteiger partial charge in [-0.1, -0.05) is 18.2 Å². The minimum Gasteiger partial charge on any atom is -0.468 e. The molecule has 0 saturated carbocycles. The van der Waals surface area contributed by atoms with Crippen molar-refractivity contribution in [3.05, 3.63) is 30.3 Å². The van der Waals surface area contributed by atoms with E-state index < -0.39 is 0 Å². The molecule has 0 bridgehead atoms. The molecule has 4 nitrogen and oxygen atoms in total. The van der Waals surface area contributed by atoms with E-state index in [9.17, 15) is 4.79 Å². The zero-order valence-electron chi connectivity index (χ0n) is 11.6. The van der Waals surface area contributed by atoms with E-state index in [4.69, 9.17) is 4.74 Å². The number of carbonyl (C=O) groups excluding carboxylic acids is 1. The molecular formula is C15H22N2O2. The van der Waals surface area contributed by atoms with Gasteiger partial charge >= 0.3 is 5.97 Å². The van der Waals surface area contributed by atoms with Crippen molar-refractivity contribution in [2.45, 2.75) is 31.8 Å². The normalized spacial score (nSPS) is 18.1. The van der Waals surface area contributed by atoms with Gasteiger partial charge in [0.15, 0.2) is 0 Å². The summed E-state index contributed by atoms with van der Waals surface area (Å²) in [6, 6.07) is 10.6. The number of anilines is 1. The smallest absolute Gasteiger partial charge is 0.322 e. The Morgan fingerprint density at radius 3 is 2.53 bits per heavy atom. The Kier molecular flexibility index (Phi) is 4.80. The lowest BCUT2D eigenvalue weighted by molar-refractivity contribution is -0.142. The molecule has 104 valence electrons. The van der Waals surface area contributed by atoms with Crippen LogP contribution in [0.2, 0.25) is 0 Å². The van der Waals surface area contributed by atoms with Crippen molar-refractivity contribution < 1.29 is 9.53 Å². The van der Waals surface area contributed by atoms with Gasteiger partial charge in [-0.05, 0) is 31.9 Å². The van der Waals surface area contributed by atoms with Gasteiger partial charge in [-0.15, -0.1) is 0 Å². The first-order chi connectivity index (χ1) is 9.20. The lowest BCUT2D eigenvalue weighted by Crippen LogP contribution is -2.48. The number of ether oxygens (including phenoxy) is 1. The van der Waals surface area contributed by atoms with Crippen molar-refractivity contribution in [3.63, 3.8) is 0 Å². The molecular weight excluding hydrogens is 240 g/mol. The van der Waals surface area contributed by atoms with Gasteiger partial charge < -0.3 is 15.0 Å². The van der Waals surface area contributed by atoms with Gasteiger partial charge in [0, 0.05) is 24.8 Å². The molecule has 19 heavy (non-hydrogen) atoms. The number of esters is 1. The van der Waals surface area contributed by atoms with E-state index in [1.807, 2.05) is 13.0 Å². The van der Waals surface area contributed by atoms with Crippen LogP contribution in [0, 0.1) is 0 Å². The van der Waals surface area contributed by atoms with Gasteiger partial charge in [0.2, 0.25) is 0 Å². The second kappa shape index (κ2) is 6.57. The third-order valence-electron chi connectivity index (χ3n) is 3.66. The van der Waals surface area contributed by atoms with E-state index in [0.717, 1.165) is 25.9 Å². The zero-order chi connectivity index (χ0) is 13.7. The number of piperidine rings is 1. The second-order valence-electron chi connectivity index (χ2n) is 5.01. The van der Waals surface area contributed by atoms with E-state index in [0.29, 0.717) is 6.04 Å². The molecule has 1 fully saturated rings. The Labute approximate surface area is 114 Å². The van der Waals surface area contributed by atoms with Crippen LogP contribution < -0.4 is 10.2 Å². The van der Waals surface area contributed by atoms with Crippen molar-refractivity contribution in [1.29, 1.82) is 0 Å². The van der Waals surface area contributed by atoms with Crippen molar-refractivity contribution in [2.75, 3.05) is 25.1 Å². The molecule has 0 amide bonds. The summed E-state index contributed by atoms with van der Waals surface area (Å²) < 4.78 is 4.73. The number of methoxy groups -OCH3 is 1. The molecule has 1 aromatic carbocycles. The van der Waals surface area contributed by atoms with Crippen LogP contribution in [0.15, 0.2) is 30.3 Å². The molecule has 4 heteroatoms. The predicted octanol–water partition coefficient (Wildman–Crippen LogP) is 1.81. The van der Waals surface area contributed by atoms with Gasteiger partial charge in [0.25, 0.3) is 0 Å². The Balaban J connectivity index is 1.81. The van der Waals surface area contributed by atoms with Crippen molar-refractivity contribution in [3.8, 4) is 0 Å². The van der Waals surface area contributed by atoms with E-state index in [1.165, 1.54) is 12.8 Å². The predicted molar refractivity (Wildman–Crippen MR) is 76.3 cm³/mol. The maximum atomic E-state index is 11.4. The number of hydrogen-bond acceptors (Lipinski definition) is 4. The first-order valence-corrected chi connectivity index (χ1v) is 6.84. The van der Waals surface area contributed by atoms with Crippen LogP contribution in [0.4, 0.5) is 5.69 Å². The average Bonchev–Trinajstić information content (AvgIpc) is 2.48. The third-order valence-corrected chi connectivity index (χ3v) is 3.66. The average molecular weight is 262 g/mol. The Morgan fingerprint density at radius 1 is 1.32 bits per heavy atom. The minimum atomic E-state index is -0.224. The first-order valence-electron chi connectivity index (χ1n) is 6.84. The molecule has 0 aliphatic carbocycles. The van der Waals surface area contributed by atoms with E-state index >= 15 is 0 Å². The van der Waals surface area contributed by atoms with Gasteiger partial charge in [0.05, 0.1) is 7.11 Å². The van der Waals surface area contributed by atoms with Crippen LogP contribution in [0.25, 0.3) is 0 Å². The molecule has 0 radical (unpaired) electrons. The number of benzene rings is 1. The highest BCUT2D eigenvalue weighted by atomic mass is 16.5. The lowest BCUT2D eigenvalue weighted by Gasteiger charge is -2.34. The molecule has 0 spiro atoms. The zero-order valence-corrected chi connectivity index (χ0v) is 11.6. The maximum absolute atomic E-state index is 11.4. The van der Waals surface area contributed by atoms with Crippen LogP contribution in [-0.2, 0) is 9.53 Å². The largest absolute Gasteiger partial charge is 0.468 e. The monoisotopic (exact) mass is 262 g/mol. The number of carbonyl (C=O) groups is 1. The topological polar surface area (TPSA) is 41.6 Å². The maximum Gasteiger partial charge on any atom is 0.322 e. The second-order valence-corrected chi connectivity index (χ2v) is 5.01. The van der Waals surface area contributed by atoms with E-state index in [2.05, 4.69) is 34.5 Å². The fourth-order valence-corrected chi connectivity index (χ4v) is 2.54. The van der Waals surface area contributed by atoms with Crippen LogP contribution in [0.5, 0.6) is 0 Å². The first kappa shape index (κ1) is 13.9. The number of nitrogens with zero attached hydrogens (tertiary/aromatic N) is 1. The minimum absolute atomic E-state index is 0.189. The number of para-hydroxylation sites is 1. The highest BCUT2D eigenvalue weighted by Crippen LogP contribution is 2.19. The highest BCUT2D eigenvalue weighted by Gasteiger charge is 2.23. The van der Waals surface area contributed by atoms with Crippen molar-refractivity contribution in [2.24, 2.45) is 0 Å². The summed E-state index contributed by atoms with van der Waals surface area (Å²) >= 11 is 0. The van der Waals surface area contributed by atoms with Crippen LogP contribution in [-0.4, -0.2) is 38.3 Å². The summed E-state index contributed by atoms with van der Waals surface area (Å²) in [5.41, 5.74) is 1.28. The van der Waals surface area contributed by atoms with Crippen molar-refractivity contribution >= 4 is 11.7 Å². The van der Waals surface area contributed by atoms with Gasteiger partial charge in [-0.25, -0.2) is 0 Å². The van der Waals surface area contributed by atoms with Crippen LogP contribution in [0.1, 0.15) is 19.8 Å². The standard InChI is InChI=1S/C15H22N2O2/c1-12(15(18)19-2)16-13-8-10-17(11-9-13)14-6-4-3-5-7-14/h3-7,12-13,16H,8-11H2,1-2H3. The molecule has 1 aliphatic heterocycles. The van der Waals surface area contributed by atoms with E-state index in [-0.39, 0.29) is 12.0 Å².